The van der Waals surface area contributed by atoms with Crippen molar-refractivity contribution < 1.29 is 9.32 Å². The zero-order valence-electron chi connectivity index (χ0n) is 16.0. The number of pyridine rings is 1. The Morgan fingerprint density at radius 2 is 2.20 bits per heavy atom. The van der Waals surface area contributed by atoms with Crippen molar-refractivity contribution in [2.75, 3.05) is 18.9 Å². The van der Waals surface area contributed by atoms with Gasteiger partial charge in [-0.3, -0.25) is 4.72 Å². The summed E-state index contributed by atoms with van der Waals surface area (Å²) >= 11 is 1.30. The normalized spacial score (nSPS) is 20.3. The maximum Gasteiger partial charge on any atom is 0.154 e. The molecule has 1 aliphatic heterocycles. The number of nitrogens with one attached hydrogen (secondary N) is 3. The zero-order valence-corrected chi connectivity index (χ0v) is 17.7. The van der Waals surface area contributed by atoms with Crippen LogP contribution in [-0.4, -0.2) is 45.4 Å². The van der Waals surface area contributed by atoms with Gasteiger partial charge in [0.05, 0.1) is 11.5 Å². The molecule has 2 heterocycles. The van der Waals surface area contributed by atoms with Crippen molar-refractivity contribution in [1.29, 1.82) is 0 Å². The molecule has 0 saturated carbocycles. The van der Waals surface area contributed by atoms with Crippen LogP contribution in [0.4, 0.5) is 5.82 Å². The van der Waals surface area contributed by atoms with E-state index in [1.54, 1.807) is 18.3 Å². The van der Waals surface area contributed by atoms with E-state index in [4.69, 9.17) is 22.4 Å². The molecule has 162 valence electrons. The Labute approximate surface area is 180 Å². The Hall–Kier alpha value is -2.26. The number of anilines is 1. The van der Waals surface area contributed by atoms with E-state index in [0.717, 1.165) is 6.42 Å². The number of benzene rings is 1. The lowest BCUT2D eigenvalue weighted by Crippen LogP contribution is -2.27. The summed E-state index contributed by atoms with van der Waals surface area (Å²) in [6, 6.07) is 7.25. The quantitative estimate of drug-likeness (QED) is 0.0784. The van der Waals surface area contributed by atoms with Crippen LogP contribution >= 0.6 is 11.9 Å². The van der Waals surface area contributed by atoms with Crippen molar-refractivity contribution in [3.8, 4) is 11.1 Å². The molecule has 0 aliphatic carbocycles. The Bertz CT molecular complexity index is 940. The molecule has 13 heteroatoms. The van der Waals surface area contributed by atoms with Crippen LogP contribution in [0.15, 0.2) is 45.4 Å². The fourth-order valence-corrected chi connectivity index (χ4v) is 5.08. The first-order valence-electron chi connectivity index (χ1n) is 9.05. The highest BCUT2D eigenvalue weighted by Gasteiger charge is 2.25. The maximum absolute atomic E-state index is 12.5. The van der Waals surface area contributed by atoms with Gasteiger partial charge in [-0.15, -0.1) is 5.10 Å². The second-order valence-corrected chi connectivity index (χ2v) is 8.53. The average Bonchev–Trinajstić information content (AvgIpc) is 3.20. The molecular formula is C17H25N9O2S2. The van der Waals surface area contributed by atoms with Crippen LogP contribution in [0.2, 0.25) is 0 Å². The van der Waals surface area contributed by atoms with Crippen molar-refractivity contribution >= 4 is 34.6 Å². The predicted molar refractivity (Wildman–Crippen MR) is 119 cm³/mol. The number of rotatable bonds is 8. The van der Waals surface area contributed by atoms with E-state index < -0.39 is 11.0 Å². The topological polar surface area (TPSA) is 203 Å². The molecule has 2 unspecified atom stereocenters. The van der Waals surface area contributed by atoms with Gasteiger partial charge in [0, 0.05) is 40.8 Å². The minimum atomic E-state index is -1.87. The summed E-state index contributed by atoms with van der Waals surface area (Å²) in [6.07, 6.45) is 2.36. The fraction of sp³-hybridized carbons (Fsp3) is 0.294. The van der Waals surface area contributed by atoms with Gasteiger partial charge in [0.25, 0.3) is 0 Å². The van der Waals surface area contributed by atoms with Gasteiger partial charge < -0.3 is 21.9 Å². The molecule has 2 aromatic rings. The number of hydrogen-bond donors (Lipinski definition) is 8. The van der Waals surface area contributed by atoms with Gasteiger partial charge >= 0.3 is 0 Å². The lowest BCUT2D eigenvalue weighted by atomic mass is 10.0. The molecule has 11 nitrogen and oxygen atoms in total. The molecule has 1 saturated heterocycles. The number of hydrazone groups is 1. The van der Waals surface area contributed by atoms with E-state index >= 15 is 0 Å². The van der Waals surface area contributed by atoms with Crippen molar-refractivity contribution in [3.63, 3.8) is 0 Å². The summed E-state index contributed by atoms with van der Waals surface area (Å²) in [5.74, 6) is 5.71. The highest BCUT2D eigenvalue weighted by atomic mass is 32.2. The second kappa shape index (κ2) is 10.2. The van der Waals surface area contributed by atoms with Crippen molar-refractivity contribution in [3.05, 3.63) is 36.0 Å². The van der Waals surface area contributed by atoms with Gasteiger partial charge in [-0.2, -0.15) is 0 Å². The van der Waals surface area contributed by atoms with Gasteiger partial charge in [0.15, 0.2) is 5.84 Å². The number of hydrazine groups is 1. The van der Waals surface area contributed by atoms with Crippen LogP contribution in [-0.2, 0) is 11.0 Å². The third kappa shape index (κ3) is 5.07. The number of nitrogen functional groups attached to an aromatic ring is 1. The minimum absolute atomic E-state index is 0.0310. The third-order valence-corrected chi connectivity index (χ3v) is 6.61. The van der Waals surface area contributed by atoms with Gasteiger partial charge in [-0.05, 0) is 42.1 Å². The van der Waals surface area contributed by atoms with Crippen LogP contribution in [0.1, 0.15) is 12.0 Å². The Morgan fingerprint density at radius 3 is 2.80 bits per heavy atom. The van der Waals surface area contributed by atoms with E-state index in [-0.39, 0.29) is 24.5 Å². The number of aliphatic hydroxyl groups is 1. The molecule has 3 atom stereocenters. The van der Waals surface area contributed by atoms with Crippen LogP contribution in [0.25, 0.3) is 11.1 Å². The standard InChI is InChI=1S/C17H25N9O2S2/c18-14-4-1-9(6-23-14)12-2-3-13(29-25-10-5-11(8-27)22-7-10)16(30(21)28)15(12)17(19)24-26-20/h1-4,6,10-11,22,25-27H,5,7-8,20-21H2,(H2,18,23)(H2,19,24)/t10?,11-,30?/m0/s1. The number of hydrogen-bond acceptors (Lipinski definition) is 10. The maximum atomic E-state index is 12.5. The van der Waals surface area contributed by atoms with E-state index in [2.05, 4.69) is 25.7 Å². The monoisotopic (exact) mass is 451 g/mol. The van der Waals surface area contributed by atoms with Crippen LogP contribution in [0, 0.1) is 0 Å². The predicted octanol–water partition coefficient (Wildman–Crippen LogP) is -1.28. The van der Waals surface area contributed by atoms with E-state index in [1.165, 1.54) is 11.9 Å². The minimum Gasteiger partial charge on any atom is -0.395 e. The SMILES string of the molecule is NN/N=C(\N)c1c(-c2ccc(N)nc2)ccc(SNC2CN[C@H](CO)C2)c1S(N)=O. The number of nitrogens with zero attached hydrogens (tertiary/aromatic N) is 2. The summed E-state index contributed by atoms with van der Waals surface area (Å²) in [4.78, 5) is 5.07. The van der Waals surface area contributed by atoms with Gasteiger partial charge in [0.1, 0.15) is 16.8 Å². The van der Waals surface area contributed by atoms with Crippen molar-refractivity contribution in [2.45, 2.75) is 28.3 Å². The smallest absolute Gasteiger partial charge is 0.154 e. The molecule has 0 amide bonds. The highest BCUT2D eigenvalue weighted by molar-refractivity contribution is 7.98. The summed E-state index contributed by atoms with van der Waals surface area (Å²) in [5, 5.41) is 22.2. The summed E-state index contributed by atoms with van der Waals surface area (Å²) in [5.41, 5.74) is 15.7. The van der Waals surface area contributed by atoms with Crippen LogP contribution < -0.4 is 38.0 Å². The third-order valence-electron chi connectivity index (χ3n) is 4.64. The largest absolute Gasteiger partial charge is 0.395 e. The van der Waals surface area contributed by atoms with E-state index in [0.29, 0.717) is 38.8 Å². The molecule has 0 radical (unpaired) electrons. The Kier molecular flexibility index (Phi) is 7.60. The molecule has 1 aromatic heterocycles. The summed E-state index contributed by atoms with van der Waals surface area (Å²) in [6.45, 7) is 0.788. The molecule has 0 spiro atoms. The molecule has 12 N–H and O–H groups in total. The van der Waals surface area contributed by atoms with Crippen LogP contribution in [0.5, 0.6) is 0 Å². The first kappa shape index (κ1) is 22.4. The number of nitrogens with two attached hydrogens (primary N) is 4. The first-order valence-corrected chi connectivity index (χ1v) is 11.1. The van der Waals surface area contributed by atoms with E-state index in [9.17, 15) is 9.32 Å². The van der Waals surface area contributed by atoms with Gasteiger partial charge in [-0.1, -0.05) is 6.07 Å². The van der Waals surface area contributed by atoms with Gasteiger partial charge in [0.2, 0.25) is 0 Å². The molecular weight excluding hydrogens is 426 g/mol. The number of aromatic nitrogens is 1. The van der Waals surface area contributed by atoms with Crippen LogP contribution in [0.3, 0.4) is 0 Å². The second-order valence-electron chi connectivity index (χ2n) is 6.65. The van der Waals surface area contributed by atoms with E-state index in [1.807, 2.05) is 12.1 Å². The molecule has 1 fully saturated rings. The summed E-state index contributed by atoms with van der Waals surface area (Å²) < 4.78 is 15.9. The number of amidine groups is 1. The molecule has 0 bridgehead atoms. The summed E-state index contributed by atoms with van der Waals surface area (Å²) in [7, 11) is -1.87. The molecule has 1 aromatic carbocycles. The number of aliphatic hydroxyl groups excluding tert-OH is 1. The molecule has 3 rings (SSSR count). The van der Waals surface area contributed by atoms with Crippen molar-refractivity contribution in [2.24, 2.45) is 21.8 Å². The first-order chi connectivity index (χ1) is 14.4. The highest BCUT2D eigenvalue weighted by Crippen LogP contribution is 2.34. The van der Waals surface area contributed by atoms with Gasteiger partial charge in [-0.25, -0.2) is 25.7 Å². The Morgan fingerprint density at radius 1 is 1.40 bits per heavy atom. The average molecular weight is 452 g/mol. The fourth-order valence-electron chi connectivity index (χ4n) is 3.22. The lowest BCUT2D eigenvalue weighted by Gasteiger charge is -2.18. The Balaban J connectivity index is 2.02. The lowest BCUT2D eigenvalue weighted by molar-refractivity contribution is 0.254. The molecule has 1 aliphatic rings. The zero-order chi connectivity index (χ0) is 21.7. The molecule has 30 heavy (non-hydrogen) atoms. The van der Waals surface area contributed by atoms with Crippen molar-refractivity contribution in [1.82, 2.24) is 20.6 Å².